The van der Waals surface area contributed by atoms with Crippen molar-refractivity contribution in [3.63, 3.8) is 0 Å². The minimum atomic E-state index is -0.0973. The predicted molar refractivity (Wildman–Crippen MR) is 92.9 cm³/mol. The fraction of sp³-hybridized carbons (Fsp3) is 0.368. The van der Waals surface area contributed by atoms with Crippen molar-refractivity contribution in [2.75, 3.05) is 18.4 Å². The van der Waals surface area contributed by atoms with Crippen LogP contribution in [0, 0.1) is 5.92 Å². The molecule has 2 atom stereocenters. The molecule has 1 fully saturated rings. The van der Waals surface area contributed by atoms with Gasteiger partial charge in [0.05, 0.1) is 13.1 Å². The first-order valence-electron chi connectivity index (χ1n) is 8.55. The number of rotatable bonds is 2. The number of amides is 1. The van der Waals surface area contributed by atoms with Crippen molar-refractivity contribution < 1.29 is 10.1 Å². The van der Waals surface area contributed by atoms with Gasteiger partial charge in [0.25, 0.3) is 5.56 Å². The van der Waals surface area contributed by atoms with Crippen LogP contribution in [0.5, 0.6) is 0 Å². The molecule has 0 spiro atoms. The Kier molecular flexibility index (Phi) is 3.73. The van der Waals surface area contributed by atoms with Gasteiger partial charge in [-0.05, 0) is 36.2 Å². The van der Waals surface area contributed by atoms with Crippen molar-refractivity contribution in [2.24, 2.45) is 5.92 Å². The molecule has 3 N–H and O–H groups in total. The summed E-state index contributed by atoms with van der Waals surface area (Å²) in [5.74, 6) is 1.01. The number of nitrogens with zero attached hydrogens (tertiary/aromatic N) is 1. The van der Waals surface area contributed by atoms with Crippen LogP contribution >= 0.6 is 0 Å². The van der Waals surface area contributed by atoms with Gasteiger partial charge in [0.15, 0.2) is 0 Å². The zero-order chi connectivity index (χ0) is 16.7. The van der Waals surface area contributed by atoms with Gasteiger partial charge in [-0.15, -0.1) is 0 Å². The van der Waals surface area contributed by atoms with E-state index in [9.17, 15) is 9.59 Å². The molecule has 2 aliphatic rings. The number of piperidine rings is 1. The molecule has 0 radical (unpaired) electrons. The van der Waals surface area contributed by atoms with E-state index in [-0.39, 0.29) is 11.5 Å². The number of quaternary nitrogens is 1. The number of pyridine rings is 1. The Balaban J connectivity index is 1.71. The fourth-order valence-electron chi connectivity index (χ4n) is 4.07. The van der Waals surface area contributed by atoms with Gasteiger partial charge < -0.3 is 15.2 Å². The number of carbonyl (C=O) groups excluding carboxylic acids is 1. The van der Waals surface area contributed by atoms with Crippen LogP contribution in [-0.2, 0) is 11.3 Å². The lowest BCUT2D eigenvalue weighted by Gasteiger charge is -2.35. The third kappa shape index (κ3) is 2.65. The lowest BCUT2D eigenvalue weighted by Crippen LogP contribution is -2.89. The van der Waals surface area contributed by atoms with Crippen molar-refractivity contribution in [3.8, 4) is 11.1 Å². The highest BCUT2D eigenvalue weighted by molar-refractivity contribution is 5.88. The average molecular weight is 324 g/mol. The summed E-state index contributed by atoms with van der Waals surface area (Å²) < 4.78 is 1.99. The van der Waals surface area contributed by atoms with E-state index in [1.165, 1.54) is 19.0 Å². The third-order valence-corrected chi connectivity index (χ3v) is 5.15. The molecule has 1 amide bonds. The SMILES string of the molecule is CC(=O)Nc1ccc(-c2ccc3n(c2=O)C[C@@H]2C[NH2+]C[C@H]3C2)cc1. The van der Waals surface area contributed by atoms with Crippen LogP contribution in [0.15, 0.2) is 41.2 Å². The molecule has 3 heterocycles. The summed E-state index contributed by atoms with van der Waals surface area (Å²) in [6, 6.07) is 11.5. The molecule has 0 unspecified atom stereocenters. The normalized spacial score (nSPS) is 21.9. The molecule has 1 saturated heterocycles. The Morgan fingerprint density at radius 3 is 2.71 bits per heavy atom. The highest BCUT2D eigenvalue weighted by Crippen LogP contribution is 2.31. The predicted octanol–water partition coefficient (Wildman–Crippen LogP) is 1.15. The Bertz CT molecular complexity index is 839. The maximum absolute atomic E-state index is 13.0. The van der Waals surface area contributed by atoms with Gasteiger partial charge in [-0.25, -0.2) is 0 Å². The summed E-state index contributed by atoms with van der Waals surface area (Å²) >= 11 is 0. The molecule has 2 bridgehead atoms. The lowest BCUT2D eigenvalue weighted by molar-refractivity contribution is -0.673. The number of nitrogens with one attached hydrogen (secondary N) is 1. The number of anilines is 1. The van der Waals surface area contributed by atoms with Gasteiger partial charge in [0.1, 0.15) is 0 Å². The van der Waals surface area contributed by atoms with Crippen LogP contribution in [0.2, 0.25) is 0 Å². The molecule has 2 aromatic rings. The van der Waals surface area contributed by atoms with E-state index < -0.39 is 0 Å². The standard InChI is InChI=1S/C19H21N3O2/c1-12(23)21-16-4-2-14(3-5-16)17-6-7-18-15-8-13(9-20-10-15)11-22(18)19(17)24/h2-7,13,15,20H,8-11H2,1H3,(H,21,23)/p+1/t13-,15+/m0/s1. The zero-order valence-electron chi connectivity index (χ0n) is 13.8. The largest absolute Gasteiger partial charge is 0.345 e. The molecule has 1 aromatic carbocycles. The zero-order valence-corrected chi connectivity index (χ0v) is 13.8. The molecule has 1 aromatic heterocycles. The number of nitrogens with two attached hydrogens (primary N) is 1. The van der Waals surface area contributed by atoms with E-state index in [2.05, 4.69) is 16.7 Å². The fourth-order valence-corrected chi connectivity index (χ4v) is 4.07. The highest BCUT2D eigenvalue weighted by Gasteiger charge is 2.33. The molecule has 124 valence electrons. The van der Waals surface area contributed by atoms with E-state index in [0.29, 0.717) is 11.8 Å². The van der Waals surface area contributed by atoms with Crippen LogP contribution in [0.4, 0.5) is 5.69 Å². The van der Waals surface area contributed by atoms with E-state index in [0.717, 1.165) is 36.4 Å². The molecule has 2 aliphatic heterocycles. The van der Waals surface area contributed by atoms with E-state index >= 15 is 0 Å². The minimum absolute atomic E-state index is 0.0973. The number of aromatic nitrogens is 1. The first-order valence-corrected chi connectivity index (χ1v) is 8.55. The Labute approximate surface area is 140 Å². The van der Waals surface area contributed by atoms with Gasteiger partial charge >= 0.3 is 0 Å². The van der Waals surface area contributed by atoms with Gasteiger partial charge in [-0.3, -0.25) is 9.59 Å². The first kappa shape index (κ1) is 15.1. The smallest absolute Gasteiger partial charge is 0.258 e. The number of fused-ring (bicyclic) bond motifs is 4. The molecular weight excluding hydrogens is 302 g/mol. The Morgan fingerprint density at radius 1 is 1.17 bits per heavy atom. The van der Waals surface area contributed by atoms with Crippen molar-refractivity contribution >= 4 is 11.6 Å². The van der Waals surface area contributed by atoms with Crippen molar-refractivity contribution in [3.05, 3.63) is 52.4 Å². The quantitative estimate of drug-likeness (QED) is 0.870. The van der Waals surface area contributed by atoms with Gasteiger partial charge in [-0.1, -0.05) is 12.1 Å². The average Bonchev–Trinajstić information content (AvgIpc) is 2.57. The Hall–Kier alpha value is -2.40. The molecule has 0 aliphatic carbocycles. The first-order chi connectivity index (χ1) is 11.6. The minimum Gasteiger partial charge on any atom is -0.345 e. The second kappa shape index (κ2) is 5.91. The molecule has 4 rings (SSSR count). The molecule has 5 heteroatoms. The molecule has 24 heavy (non-hydrogen) atoms. The van der Waals surface area contributed by atoms with Gasteiger partial charge in [-0.2, -0.15) is 0 Å². The number of carbonyl (C=O) groups is 1. The van der Waals surface area contributed by atoms with Crippen molar-refractivity contribution in [1.29, 1.82) is 0 Å². The summed E-state index contributed by atoms with van der Waals surface area (Å²) in [4.78, 5) is 24.1. The number of hydrogen-bond donors (Lipinski definition) is 2. The summed E-state index contributed by atoms with van der Waals surface area (Å²) in [5, 5.41) is 5.13. The second-order valence-corrected chi connectivity index (χ2v) is 6.90. The van der Waals surface area contributed by atoms with E-state index in [1.54, 1.807) is 0 Å². The maximum atomic E-state index is 13.0. The van der Waals surface area contributed by atoms with Crippen LogP contribution in [0.1, 0.15) is 25.0 Å². The van der Waals surface area contributed by atoms with Crippen LogP contribution in [0.3, 0.4) is 0 Å². The van der Waals surface area contributed by atoms with Crippen molar-refractivity contribution in [1.82, 2.24) is 4.57 Å². The molecule has 5 nitrogen and oxygen atoms in total. The van der Waals surface area contributed by atoms with Gasteiger partial charge in [0, 0.05) is 42.2 Å². The molecular formula is C19H22N3O2+. The van der Waals surface area contributed by atoms with Crippen LogP contribution < -0.4 is 16.2 Å². The Morgan fingerprint density at radius 2 is 1.96 bits per heavy atom. The summed E-state index contributed by atoms with van der Waals surface area (Å²) in [7, 11) is 0. The highest BCUT2D eigenvalue weighted by atomic mass is 16.1. The number of hydrogen-bond acceptors (Lipinski definition) is 2. The van der Waals surface area contributed by atoms with E-state index in [4.69, 9.17) is 0 Å². The second-order valence-electron chi connectivity index (χ2n) is 6.90. The maximum Gasteiger partial charge on any atom is 0.258 e. The van der Waals surface area contributed by atoms with E-state index in [1.807, 2.05) is 34.9 Å². The summed E-state index contributed by atoms with van der Waals surface area (Å²) in [6.07, 6.45) is 1.21. The monoisotopic (exact) mass is 324 g/mol. The molecule has 0 saturated carbocycles. The summed E-state index contributed by atoms with van der Waals surface area (Å²) in [5.41, 5.74) is 3.67. The topological polar surface area (TPSA) is 67.7 Å². The third-order valence-electron chi connectivity index (χ3n) is 5.15. The number of benzene rings is 1. The van der Waals surface area contributed by atoms with Crippen LogP contribution in [0.25, 0.3) is 11.1 Å². The summed E-state index contributed by atoms with van der Waals surface area (Å²) in [6.45, 7) is 4.52. The van der Waals surface area contributed by atoms with Crippen molar-refractivity contribution in [2.45, 2.75) is 25.8 Å². The van der Waals surface area contributed by atoms with Gasteiger partial charge in [0.2, 0.25) is 5.91 Å². The van der Waals surface area contributed by atoms with Crippen LogP contribution in [-0.4, -0.2) is 23.6 Å². The lowest BCUT2D eigenvalue weighted by atomic mass is 9.84.